The van der Waals surface area contributed by atoms with Gasteiger partial charge in [-0.05, 0) is 30.5 Å². The number of carboxylic acids is 1. The van der Waals surface area contributed by atoms with Crippen LogP contribution in [-0.2, 0) is 10.2 Å². The third-order valence-corrected chi connectivity index (χ3v) is 3.91. The average molecular weight is 292 g/mol. The van der Waals surface area contributed by atoms with E-state index < -0.39 is 28.8 Å². The van der Waals surface area contributed by atoms with Crippen molar-refractivity contribution in [3.05, 3.63) is 59.4 Å². The molecule has 3 rings (SSSR count). The maximum atomic E-state index is 14.2. The number of halogens is 3. The van der Waals surface area contributed by atoms with E-state index in [2.05, 4.69) is 0 Å². The van der Waals surface area contributed by atoms with Crippen LogP contribution in [-0.4, -0.2) is 11.1 Å². The molecule has 2 nitrogen and oxygen atoms in total. The molecule has 1 fully saturated rings. The van der Waals surface area contributed by atoms with Gasteiger partial charge in [0.25, 0.3) is 0 Å². The van der Waals surface area contributed by atoms with Crippen molar-refractivity contribution in [2.75, 3.05) is 0 Å². The van der Waals surface area contributed by atoms with Gasteiger partial charge in [-0.25, -0.2) is 13.2 Å². The van der Waals surface area contributed by atoms with Crippen LogP contribution >= 0.6 is 0 Å². The average Bonchev–Trinajstić information content (AvgIpc) is 3.24. The molecule has 2 aromatic rings. The van der Waals surface area contributed by atoms with E-state index in [1.165, 1.54) is 24.3 Å². The lowest BCUT2D eigenvalue weighted by atomic mass is 9.92. The van der Waals surface area contributed by atoms with Crippen LogP contribution in [0, 0.1) is 17.5 Å². The van der Waals surface area contributed by atoms with E-state index in [1.807, 2.05) is 0 Å². The summed E-state index contributed by atoms with van der Waals surface area (Å²) in [6.07, 6.45) is 0.600. The molecule has 0 aliphatic heterocycles. The Bertz CT molecular complexity index is 719. The van der Waals surface area contributed by atoms with Crippen molar-refractivity contribution in [1.82, 2.24) is 0 Å². The summed E-state index contributed by atoms with van der Waals surface area (Å²) in [5.41, 5.74) is -1.11. The van der Waals surface area contributed by atoms with Gasteiger partial charge in [0.15, 0.2) is 11.6 Å². The molecule has 2 aromatic carbocycles. The molecule has 0 bridgehead atoms. The van der Waals surface area contributed by atoms with Crippen LogP contribution in [0.2, 0.25) is 0 Å². The van der Waals surface area contributed by atoms with Crippen molar-refractivity contribution >= 4 is 5.97 Å². The lowest BCUT2D eigenvalue weighted by Gasteiger charge is -2.14. The number of aliphatic carboxylic acids is 1. The highest BCUT2D eigenvalue weighted by molar-refractivity contribution is 5.85. The molecule has 0 spiro atoms. The first kappa shape index (κ1) is 13.7. The Hall–Kier alpha value is -2.30. The van der Waals surface area contributed by atoms with Crippen LogP contribution in [0.5, 0.6) is 0 Å². The van der Waals surface area contributed by atoms with Crippen molar-refractivity contribution < 1.29 is 23.1 Å². The second-order valence-corrected chi connectivity index (χ2v) is 5.18. The molecule has 0 saturated heterocycles. The monoisotopic (exact) mass is 292 g/mol. The van der Waals surface area contributed by atoms with E-state index in [0.717, 1.165) is 12.1 Å². The van der Waals surface area contributed by atoms with Gasteiger partial charge in [0.2, 0.25) is 0 Å². The SMILES string of the molecule is O=C(O)C1(c2ccc(-c3ccc(F)cc3)c(F)c2F)CC1. The first-order chi connectivity index (χ1) is 9.95. The summed E-state index contributed by atoms with van der Waals surface area (Å²) in [6.45, 7) is 0. The van der Waals surface area contributed by atoms with Gasteiger partial charge in [0.05, 0.1) is 5.41 Å². The quantitative estimate of drug-likeness (QED) is 0.932. The highest BCUT2D eigenvalue weighted by atomic mass is 19.2. The molecule has 1 aliphatic rings. The van der Waals surface area contributed by atoms with Crippen molar-refractivity contribution in [3.8, 4) is 11.1 Å². The number of carboxylic acid groups (broad SMARTS) is 1. The second-order valence-electron chi connectivity index (χ2n) is 5.18. The van der Waals surface area contributed by atoms with Crippen LogP contribution in [0.25, 0.3) is 11.1 Å². The van der Waals surface area contributed by atoms with Gasteiger partial charge in [0, 0.05) is 11.1 Å². The summed E-state index contributed by atoms with van der Waals surface area (Å²) in [7, 11) is 0. The zero-order valence-corrected chi connectivity index (χ0v) is 10.9. The Morgan fingerprint density at radius 1 is 0.952 bits per heavy atom. The molecule has 1 aliphatic carbocycles. The smallest absolute Gasteiger partial charge is 0.314 e. The molecule has 0 amide bonds. The fourth-order valence-electron chi connectivity index (χ4n) is 2.49. The number of hydrogen-bond donors (Lipinski definition) is 1. The summed E-state index contributed by atoms with van der Waals surface area (Å²) < 4.78 is 41.3. The van der Waals surface area contributed by atoms with Crippen molar-refractivity contribution in [2.24, 2.45) is 0 Å². The number of benzene rings is 2. The lowest BCUT2D eigenvalue weighted by molar-refractivity contribution is -0.140. The highest BCUT2D eigenvalue weighted by Crippen LogP contribution is 2.50. The molecule has 0 radical (unpaired) electrons. The fraction of sp³-hybridized carbons (Fsp3) is 0.188. The Morgan fingerprint density at radius 3 is 2.10 bits per heavy atom. The molecule has 5 heteroatoms. The summed E-state index contributed by atoms with van der Waals surface area (Å²) in [4.78, 5) is 11.2. The minimum absolute atomic E-state index is 0.0163. The minimum atomic E-state index is -1.30. The first-order valence-corrected chi connectivity index (χ1v) is 6.43. The predicted molar refractivity (Wildman–Crippen MR) is 70.3 cm³/mol. The first-order valence-electron chi connectivity index (χ1n) is 6.43. The maximum absolute atomic E-state index is 14.2. The molecular formula is C16H11F3O2. The largest absolute Gasteiger partial charge is 0.481 e. The zero-order chi connectivity index (χ0) is 15.2. The molecule has 0 aromatic heterocycles. The van der Waals surface area contributed by atoms with Gasteiger partial charge in [-0.3, -0.25) is 4.79 Å². The summed E-state index contributed by atoms with van der Waals surface area (Å²) in [5, 5.41) is 9.16. The van der Waals surface area contributed by atoms with E-state index >= 15 is 0 Å². The predicted octanol–water partition coefficient (Wildman–Crippen LogP) is 3.89. The molecule has 0 unspecified atom stereocenters. The molecule has 1 saturated carbocycles. The van der Waals surface area contributed by atoms with E-state index in [9.17, 15) is 18.0 Å². The minimum Gasteiger partial charge on any atom is -0.481 e. The van der Waals surface area contributed by atoms with Gasteiger partial charge >= 0.3 is 5.97 Å². The van der Waals surface area contributed by atoms with Gasteiger partial charge in [-0.2, -0.15) is 0 Å². The summed E-state index contributed by atoms with van der Waals surface area (Å²) in [6, 6.07) is 7.64. The Balaban J connectivity index is 2.09. The second kappa shape index (κ2) is 4.62. The van der Waals surface area contributed by atoms with E-state index in [1.54, 1.807) is 0 Å². The van der Waals surface area contributed by atoms with Crippen LogP contribution in [0.1, 0.15) is 18.4 Å². The normalized spacial score (nSPS) is 15.8. The van der Waals surface area contributed by atoms with Gasteiger partial charge < -0.3 is 5.11 Å². The highest BCUT2D eigenvalue weighted by Gasteiger charge is 2.53. The van der Waals surface area contributed by atoms with Gasteiger partial charge in [-0.1, -0.05) is 24.3 Å². The van der Waals surface area contributed by atoms with Crippen LogP contribution in [0.3, 0.4) is 0 Å². The topological polar surface area (TPSA) is 37.3 Å². The molecule has 108 valence electrons. The van der Waals surface area contributed by atoms with Crippen molar-refractivity contribution in [2.45, 2.75) is 18.3 Å². The van der Waals surface area contributed by atoms with E-state index in [4.69, 9.17) is 5.11 Å². The van der Waals surface area contributed by atoms with E-state index in [-0.39, 0.29) is 11.1 Å². The molecule has 0 heterocycles. The van der Waals surface area contributed by atoms with Gasteiger partial charge in [0.1, 0.15) is 5.82 Å². The standard InChI is InChI=1S/C16H11F3O2/c17-10-3-1-9(2-4-10)11-5-6-12(14(19)13(11)18)16(7-8-16)15(20)21/h1-6H,7-8H2,(H,20,21). The maximum Gasteiger partial charge on any atom is 0.314 e. The van der Waals surface area contributed by atoms with Crippen molar-refractivity contribution in [1.29, 1.82) is 0 Å². The third-order valence-electron chi connectivity index (χ3n) is 3.91. The number of rotatable bonds is 3. The molecule has 1 N–H and O–H groups in total. The molecule has 21 heavy (non-hydrogen) atoms. The van der Waals surface area contributed by atoms with Crippen molar-refractivity contribution in [3.63, 3.8) is 0 Å². The lowest BCUT2D eigenvalue weighted by Crippen LogP contribution is -2.21. The fourth-order valence-corrected chi connectivity index (χ4v) is 2.49. The third kappa shape index (κ3) is 2.09. The summed E-state index contributed by atoms with van der Waals surface area (Å²) >= 11 is 0. The number of carbonyl (C=O) groups is 1. The number of hydrogen-bond acceptors (Lipinski definition) is 1. The molecule has 0 atom stereocenters. The zero-order valence-electron chi connectivity index (χ0n) is 10.9. The van der Waals surface area contributed by atoms with E-state index in [0.29, 0.717) is 18.4 Å². The Labute approximate surface area is 118 Å². The van der Waals surface area contributed by atoms with Crippen LogP contribution in [0.4, 0.5) is 13.2 Å². The van der Waals surface area contributed by atoms with Crippen LogP contribution in [0.15, 0.2) is 36.4 Å². The summed E-state index contributed by atoms with van der Waals surface area (Å²) in [5.74, 6) is -3.86. The molecular weight excluding hydrogens is 281 g/mol. The Morgan fingerprint density at radius 2 is 1.57 bits per heavy atom. The Kier molecular flexibility index (Phi) is 3.01. The van der Waals surface area contributed by atoms with Gasteiger partial charge in [-0.15, -0.1) is 0 Å². The van der Waals surface area contributed by atoms with Crippen LogP contribution < -0.4 is 0 Å².